The molecule has 0 radical (unpaired) electrons. The molecule has 5 nitrogen and oxygen atoms in total. The van der Waals surface area contributed by atoms with E-state index in [1.165, 1.54) is 55.3 Å². The van der Waals surface area contributed by atoms with E-state index in [9.17, 15) is 5.26 Å². The topological polar surface area (TPSA) is 67.4 Å². The molecular weight excluding hydrogens is 815 g/mol. The quantitative estimate of drug-likeness (QED) is 0.167. The van der Waals surface area contributed by atoms with E-state index in [1.54, 1.807) is 0 Å². The lowest BCUT2D eigenvalue weighted by Crippen LogP contribution is -2.15. The van der Waals surface area contributed by atoms with Crippen LogP contribution in [-0.4, -0.2) is 19.5 Å². The average Bonchev–Trinajstić information content (AvgIpc) is 3.99. The number of nitrogens with zero attached hydrogens (tertiary/aromatic N) is 5. The van der Waals surface area contributed by atoms with Crippen LogP contribution in [0.4, 0.5) is 0 Å². The lowest BCUT2D eigenvalue weighted by Gasteiger charge is -2.22. The van der Waals surface area contributed by atoms with E-state index >= 15 is 0 Å². The first-order valence-electron chi connectivity index (χ1n) is 22.9. The fourth-order valence-corrected chi connectivity index (χ4v) is 11.0. The number of hydrogen-bond acceptors (Lipinski definition) is 4. The minimum Gasteiger partial charge on any atom is -0.309 e. The van der Waals surface area contributed by atoms with Gasteiger partial charge in [-0.25, -0.2) is 15.0 Å². The highest BCUT2D eigenvalue weighted by Gasteiger charge is 2.37. The molecule has 1 unspecified atom stereocenters. The van der Waals surface area contributed by atoms with Crippen molar-refractivity contribution in [3.8, 4) is 79.3 Å². The molecule has 2 heterocycles. The molecule has 13 rings (SSSR count). The van der Waals surface area contributed by atoms with Crippen LogP contribution < -0.4 is 0 Å². The van der Waals surface area contributed by atoms with Gasteiger partial charge in [0.05, 0.1) is 22.7 Å². The molecule has 0 saturated carbocycles. The van der Waals surface area contributed by atoms with Gasteiger partial charge in [0.1, 0.15) is 0 Å². The molecule has 314 valence electrons. The Morgan fingerprint density at radius 1 is 0.448 bits per heavy atom. The fraction of sp³-hybridized carbons (Fsp3) is 0.0645. The van der Waals surface area contributed by atoms with Gasteiger partial charge < -0.3 is 4.57 Å². The maximum absolute atomic E-state index is 11.1. The minimum absolute atomic E-state index is 0.130. The third kappa shape index (κ3) is 5.97. The second kappa shape index (κ2) is 14.9. The van der Waals surface area contributed by atoms with E-state index < -0.39 is 0 Å². The molecule has 67 heavy (non-hydrogen) atoms. The smallest absolute Gasteiger partial charge is 0.164 e. The summed E-state index contributed by atoms with van der Waals surface area (Å²) in [5.74, 6) is 1.46. The lowest BCUT2D eigenvalue weighted by atomic mass is 9.82. The predicted octanol–water partition coefficient (Wildman–Crippen LogP) is 15.0. The Bertz CT molecular complexity index is 3840. The SMILES string of the molecule is CC1(C)c2ccccc2-c2ccc(-n3c4ccccc4c4c5c(ccc43)-c3ccccc3C5c3ccc(-c4nc(-c5ccccc5)nc(-c5ccc(-c6ccccc6)cc5)n4)cc3C#N)cc21. The van der Waals surface area contributed by atoms with Crippen LogP contribution in [0.1, 0.15) is 53.1 Å². The highest BCUT2D eigenvalue weighted by atomic mass is 15.0. The molecule has 0 amide bonds. The van der Waals surface area contributed by atoms with E-state index in [1.807, 2.05) is 54.6 Å². The third-order valence-corrected chi connectivity index (χ3v) is 14.2. The zero-order valence-corrected chi connectivity index (χ0v) is 36.9. The molecule has 2 aliphatic carbocycles. The van der Waals surface area contributed by atoms with Gasteiger partial charge in [-0.15, -0.1) is 0 Å². The van der Waals surface area contributed by atoms with Crippen LogP contribution in [0.2, 0.25) is 0 Å². The molecule has 0 saturated heterocycles. The highest BCUT2D eigenvalue weighted by Crippen LogP contribution is 2.54. The molecule has 2 aliphatic rings. The van der Waals surface area contributed by atoms with Crippen LogP contribution in [0.5, 0.6) is 0 Å². The van der Waals surface area contributed by atoms with Crippen LogP contribution in [-0.2, 0) is 5.41 Å². The number of aromatic nitrogens is 4. The van der Waals surface area contributed by atoms with Gasteiger partial charge in [-0.3, -0.25) is 0 Å². The van der Waals surface area contributed by atoms with Crippen LogP contribution in [0.25, 0.3) is 95.0 Å². The standard InChI is InChI=1S/C62H41N5/c1-62(2)52-23-13-11-20-47(52)48-32-30-44(36-53(48)62)67-54-24-14-12-22-51(54)57-55(67)34-33-50-46-19-9-10-21-49(46)56(58(50)57)45-31-29-42(35-43(45)37-63)61-65-59(40-17-7-4-8-18-40)64-60(66-61)41-27-25-39(26-28-41)38-15-5-3-6-16-38/h3-36,56H,1-2H3. The summed E-state index contributed by atoms with van der Waals surface area (Å²) in [6.45, 7) is 4.68. The fourth-order valence-electron chi connectivity index (χ4n) is 11.0. The monoisotopic (exact) mass is 855 g/mol. The summed E-state index contributed by atoms with van der Waals surface area (Å²) in [6.07, 6.45) is 0. The van der Waals surface area contributed by atoms with Gasteiger partial charge in [-0.05, 0) is 91.5 Å². The van der Waals surface area contributed by atoms with Crippen molar-refractivity contribution in [3.05, 3.63) is 240 Å². The normalized spacial score (nSPS) is 14.1. The Hall–Kier alpha value is -8.72. The van der Waals surface area contributed by atoms with Crippen LogP contribution >= 0.6 is 0 Å². The van der Waals surface area contributed by atoms with Crippen LogP contribution in [0.15, 0.2) is 206 Å². The average molecular weight is 856 g/mol. The van der Waals surface area contributed by atoms with Crippen molar-refractivity contribution in [1.82, 2.24) is 19.5 Å². The summed E-state index contributed by atoms with van der Waals surface area (Å²) in [7, 11) is 0. The summed E-state index contributed by atoms with van der Waals surface area (Å²) in [5.41, 5.74) is 19.8. The second-order valence-electron chi connectivity index (χ2n) is 18.2. The largest absolute Gasteiger partial charge is 0.309 e. The highest BCUT2D eigenvalue weighted by molar-refractivity contribution is 6.14. The van der Waals surface area contributed by atoms with Gasteiger partial charge in [0.25, 0.3) is 0 Å². The molecule has 0 spiro atoms. The Balaban J connectivity index is 0.967. The summed E-state index contributed by atoms with van der Waals surface area (Å²) >= 11 is 0. The maximum Gasteiger partial charge on any atom is 0.164 e. The molecular formula is C62H41N5. The third-order valence-electron chi connectivity index (χ3n) is 14.2. The Labute approximate surface area is 389 Å². The summed E-state index contributed by atoms with van der Waals surface area (Å²) in [5, 5.41) is 13.5. The second-order valence-corrected chi connectivity index (χ2v) is 18.2. The molecule has 0 N–H and O–H groups in total. The van der Waals surface area contributed by atoms with Gasteiger partial charge in [-0.2, -0.15) is 5.26 Å². The van der Waals surface area contributed by atoms with Crippen molar-refractivity contribution in [1.29, 1.82) is 5.26 Å². The number of nitriles is 1. The van der Waals surface area contributed by atoms with Crippen molar-refractivity contribution in [3.63, 3.8) is 0 Å². The van der Waals surface area contributed by atoms with Gasteiger partial charge in [0.15, 0.2) is 17.5 Å². The first kappa shape index (κ1) is 38.7. The molecule has 0 fully saturated rings. The first-order valence-corrected chi connectivity index (χ1v) is 22.9. The molecule has 1 atom stereocenters. The molecule has 2 aromatic heterocycles. The van der Waals surface area contributed by atoms with Gasteiger partial charge in [-0.1, -0.05) is 190 Å². The van der Waals surface area contributed by atoms with Crippen molar-refractivity contribution in [2.45, 2.75) is 25.2 Å². The van der Waals surface area contributed by atoms with Gasteiger partial charge in [0, 0.05) is 44.5 Å². The summed E-state index contributed by atoms with van der Waals surface area (Å²) in [4.78, 5) is 15.1. The first-order chi connectivity index (χ1) is 32.9. The Kier molecular flexibility index (Phi) is 8.62. The maximum atomic E-state index is 11.1. The van der Waals surface area contributed by atoms with Gasteiger partial charge >= 0.3 is 0 Å². The van der Waals surface area contributed by atoms with E-state index in [2.05, 4.69) is 176 Å². The summed E-state index contributed by atoms with van der Waals surface area (Å²) < 4.78 is 2.44. The van der Waals surface area contributed by atoms with E-state index in [-0.39, 0.29) is 11.3 Å². The Morgan fingerprint density at radius 2 is 1.01 bits per heavy atom. The molecule has 5 heteroatoms. The molecule has 9 aromatic carbocycles. The van der Waals surface area contributed by atoms with Crippen molar-refractivity contribution in [2.24, 2.45) is 0 Å². The van der Waals surface area contributed by atoms with E-state index in [4.69, 9.17) is 15.0 Å². The number of fused-ring (bicyclic) bond motifs is 10. The number of rotatable bonds is 6. The van der Waals surface area contributed by atoms with Gasteiger partial charge in [0.2, 0.25) is 0 Å². The van der Waals surface area contributed by atoms with E-state index in [0.717, 1.165) is 50.1 Å². The zero-order chi connectivity index (χ0) is 44.8. The number of para-hydroxylation sites is 1. The Morgan fingerprint density at radius 3 is 1.78 bits per heavy atom. The van der Waals surface area contributed by atoms with Crippen molar-refractivity contribution < 1.29 is 0 Å². The molecule has 11 aromatic rings. The van der Waals surface area contributed by atoms with Crippen LogP contribution in [0, 0.1) is 11.3 Å². The molecule has 0 aliphatic heterocycles. The molecule has 0 bridgehead atoms. The predicted molar refractivity (Wildman–Crippen MR) is 271 cm³/mol. The minimum atomic E-state index is -0.191. The van der Waals surface area contributed by atoms with E-state index in [0.29, 0.717) is 23.0 Å². The summed E-state index contributed by atoms with van der Waals surface area (Å²) in [6, 6.07) is 75.4. The number of hydrogen-bond donors (Lipinski definition) is 0. The zero-order valence-electron chi connectivity index (χ0n) is 36.9. The number of benzene rings is 9. The lowest BCUT2D eigenvalue weighted by molar-refractivity contribution is 0.660. The van der Waals surface area contributed by atoms with Crippen molar-refractivity contribution >= 4 is 21.8 Å². The van der Waals surface area contributed by atoms with Crippen molar-refractivity contribution in [2.75, 3.05) is 0 Å². The van der Waals surface area contributed by atoms with Crippen LogP contribution in [0.3, 0.4) is 0 Å².